The van der Waals surface area contributed by atoms with Crippen LogP contribution in [0.15, 0.2) is 29.6 Å². The van der Waals surface area contributed by atoms with Gasteiger partial charge in [0.1, 0.15) is 0 Å². The van der Waals surface area contributed by atoms with Crippen molar-refractivity contribution >= 4 is 33.2 Å². The number of halogens is 1. The molecule has 1 heterocycles. The molecule has 0 saturated carbocycles. The summed E-state index contributed by atoms with van der Waals surface area (Å²) in [5, 5.41) is 6.09. The molecule has 0 aliphatic carbocycles. The Labute approximate surface area is 137 Å². The molecule has 1 aromatic carbocycles. The predicted octanol–water partition coefficient (Wildman–Crippen LogP) is 3.95. The van der Waals surface area contributed by atoms with Crippen molar-refractivity contribution in [1.29, 1.82) is 0 Å². The summed E-state index contributed by atoms with van der Waals surface area (Å²) < 4.78 is 0. The van der Waals surface area contributed by atoms with E-state index in [4.69, 9.17) is 0 Å². The van der Waals surface area contributed by atoms with Gasteiger partial charge in [0.2, 0.25) is 5.91 Å². The van der Waals surface area contributed by atoms with Crippen molar-refractivity contribution in [2.75, 3.05) is 6.54 Å². The number of nitrogens with zero attached hydrogens (tertiary/aromatic N) is 1. The maximum absolute atomic E-state index is 11.6. The summed E-state index contributed by atoms with van der Waals surface area (Å²) in [6.45, 7) is 4.66. The monoisotopic (exact) mass is 366 g/mol. The Kier molecular flexibility index (Phi) is 5.94. The number of aryl methyl sites for hydroxylation is 1. The molecule has 2 aromatic rings. The maximum Gasteiger partial charge on any atom is 0.233 e. The first-order chi connectivity index (χ1) is 10.1. The van der Waals surface area contributed by atoms with Crippen molar-refractivity contribution in [3.05, 3.63) is 40.2 Å². The molecule has 0 fully saturated rings. The zero-order valence-electron chi connectivity index (χ0n) is 12.2. The number of hydrogen-bond acceptors (Lipinski definition) is 3. The van der Waals surface area contributed by atoms with Crippen LogP contribution in [0.4, 0.5) is 0 Å². The fourth-order valence-corrected chi connectivity index (χ4v) is 2.75. The minimum atomic E-state index is -0.0900. The minimum Gasteiger partial charge on any atom is -0.355 e. The topological polar surface area (TPSA) is 42.0 Å². The highest BCUT2D eigenvalue weighted by Crippen LogP contribution is 2.21. The molecule has 0 aliphatic rings. The Hall–Kier alpha value is -1.20. The lowest BCUT2D eigenvalue weighted by Gasteiger charge is -2.08. The van der Waals surface area contributed by atoms with Crippen LogP contribution < -0.4 is 5.32 Å². The smallest absolute Gasteiger partial charge is 0.233 e. The van der Waals surface area contributed by atoms with Gasteiger partial charge in [0, 0.05) is 17.5 Å². The quantitative estimate of drug-likeness (QED) is 0.786. The Balaban J connectivity index is 1.87. The van der Waals surface area contributed by atoms with Gasteiger partial charge in [0.15, 0.2) is 0 Å². The summed E-state index contributed by atoms with van der Waals surface area (Å²) in [6.07, 6.45) is 1.64. The molecule has 1 amide bonds. The van der Waals surface area contributed by atoms with Crippen molar-refractivity contribution < 1.29 is 4.79 Å². The van der Waals surface area contributed by atoms with E-state index < -0.39 is 0 Å². The number of hydrogen-bond donors (Lipinski definition) is 1. The number of benzene rings is 1. The lowest BCUT2D eigenvalue weighted by molar-refractivity contribution is -0.120. The summed E-state index contributed by atoms with van der Waals surface area (Å²) in [5.74, 6) is 0.0621. The molecule has 1 aromatic heterocycles. The number of aromatic nitrogens is 1. The molecule has 0 aliphatic heterocycles. The maximum atomic E-state index is 11.6. The Morgan fingerprint density at radius 1 is 1.38 bits per heavy atom. The number of carbonyl (C=O) groups excluding carboxylic acids is 1. The van der Waals surface area contributed by atoms with E-state index >= 15 is 0 Å². The van der Waals surface area contributed by atoms with Gasteiger partial charge < -0.3 is 5.32 Å². The minimum absolute atomic E-state index is 0.0621. The molecule has 2 rings (SSSR count). The molecule has 1 atom stereocenters. The fourth-order valence-electron chi connectivity index (χ4n) is 1.96. The van der Waals surface area contributed by atoms with Crippen molar-refractivity contribution in [1.82, 2.24) is 10.3 Å². The van der Waals surface area contributed by atoms with Gasteiger partial charge in [-0.1, -0.05) is 47.1 Å². The SMILES string of the molecule is CCC(Br)C(=O)NCCc1ccc(-c2csc(C)n2)cc1. The third kappa shape index (κ3) is 4.64. The van der Waals surface area contributed by atoms with Crippen molar-refractivity contribution in [3.8, 4) is 11.3 Å². The third-order valence-electron chi connectivity index (χ3n) is 3.22. The molecular formula is C16H19BrN2OS. The summed E-state index contributed by atoms with van der Waals surface area (Å²) >= 11 is 5.01. The Morgan fingerprint density at radius 2 is 2.10 bits per heavy atom. The molecular weight excluding hydrogens is 348 g/mol. The van der Waals surface area contributed by atoms with Gasteiger partial charge in [-0.2, -0.15) is 0 Å². The standard InChI is InChI=1S/C16H19BrN2OS/c1-3-14(17)16(20)18-9-8-12-4-6-13(7-5-12)15-10-21-11(2)19-15/h4-7,10,14H,3,8-9H2,1-2H3,(H,18,20). The molecule has 0 saturated heterocycles. The average molecular weight is 367 g/mol. The van der Waals surface area contributed by atoms with Gasteiger partial charge in [0.05, 0.1) is 15.5 Å². The second kappa shape index (κ2) is 7.71. The summed E-state index contributed by atoms with van der Waals surface area (Å²) in [7, 11) is 0. The number of amides is 1. The average Bonchev–Trinajstić information content (AvgIpc) is 2.93. The molecule has 1 N–H and O–H groups in total. The normalized spacial score (nSPS) is 12.1. The van der Waals surface area contributed by atoms with E-state index in [2.05, 4.69) is 55.9 Å². The number of alkyl halides is 1. The van der Waals surface area contributed by atoms with E-state index in [1.165, 1.54) is 5.56 Å². The number of thiazole rings is 1. The second-order valence-corrected chi connectivity index (χ2v) is 7.03. The van der Waals surface area contributed by atoms with Gasteiger partial charge >= 0.3 is 0 Å². The molecule has 21 heavy (non-hydrogen) atoms. The first-order valence-electron chi connectivity index (χ1n) is 7.03. The van der Waals surface area contributed by atoms with Gasteiger partial charge in [-0.25, -0.2) is 4.98 Å². The molecule has 0 spiro atoms. The molecule has 3 nitrogen and oxygen atoms in total. The third-order valence-corrected chi connectivity index (χ3v) is 5.06. The van der Waals surface area contributed by atoms with Crippen LogP contribution in [0.3, 0.4) is 0 Å². The summed E-state index contributed by atoms with van der Waals surface area (Å²) in [5.41, 5.74) is 3.38. The number of carbonyl (C=O) groups is 1. The van der Waals surface area contributed by atoms with E-state index in [1.807, 2.05) is 13.8 Å². The van der Waals surface area contributed by atoms with Crippen LogP contribution in [0.2, 0.25) is 0 Å². The molecule has 5 heteroatoms. The number of rotatable bonds is 6. The van der Waals surface area contributed by atoms with Gasteiger partial charge in [-0.15, -0.1) is 11.3 Å². The molecule has 1 unspecified atom stereocenters. The Morgan fingerprint density at radius 3 is 2.67 bits per heavy atom. The second-order valence-electron chi connectivity index (χ2n) is 4.87. The van der Waals surface area contributed by atoms with Crippen LogP contribution in [0.5, 0.6) is 0 Å². The zero-order valence-corrected chi connectivity index (χ0v) is 14.6. The highest BCUT2D eigenvalue weighted by Gasteiger charge is 2.10. The fraction of sp³-hybridized carbons (Fsp3) is 0.375. The van der Waals surface area contributed by atoms with Gasteiger partial charge in [-0.3, -0.25) is 4.79 Å². The van der Waals surface area contributed by atoms with Crippen LogP contribution in [0.25, 0.3) is 11.3 Å². The van der Waals surface area contributed by atoms with E-state index in [-0.39, 0.29) is 10.7 Å². The largest absolute Gasteiger partial charge is 0.355 e. The van der Waals surface area contributed by atoms with E-state index in [0.717, 1.165) is 29.1 Å². The van der Waals surface area contributed by atoms with Gasteiger partial charge in [-0.05, 0) is 25.3 Å². The molecule has 0 radical (unpaired) electrons. The highest BCUT2D eigenvalue weighted by atomic mass is 79.9. The van der Waals surface area contributed by atoms with E-state index in [9.17, 15) is 4.79 Å². The van der Waals surface area contributed by atoms with Crippen molar-refractivity contribution in [2.45, 2.75) is 31.5 Å². The highest BCUT2D eigenvalue weighted by molar-refractivity contribution is 9.10. The summed E-state index contributed by atoms with van der Waals surface area (Å²) in [6, 6.07) is 8.37. The zero-order chi connectivity index (χ0) is 15.2. The van der Waals surface area contributed by atoms with Gasteiger partial charge in [0.25, 0.3) is 0 Å². The van der Waals surface area contributed by atoms with E-state index in [0.29, 0.717) is 6.54 Å². The molecule has 112 valence electrons. The first kappa shape index (κ1) is 16.2. The van der Waals surface area contributed by atoms with Crippen LogP contribution >= 0.6 is 27.3 Å². The van der Waals surface area contributed by atoms with Crippen LogP contribution in [0, 0.1) is 6.92 Å². The van der Waals surface area contributed by atoms with E-state index in [1.54, 1.807) is 11.3 Å². The summed E-state index contributed by atoms with van der Waals surface area (Å²) in [4.78, 5) is 16.0. The van der Waals surface area contributed by atoms with Crippen LogP contribution in [-0.4, -0.2) is 22.3 Å². The first-order valence-corrected chi connectivity index (χ1v) is 8.83. The van der Waals surface area contributed by atoms with Crippen LogP contribution in [-0.2, 0) is 11.2 Å². The number of nitrogens with one attached hydrogen (secondary N) is 1. The lowest BCUT2D eigenvalue weighted by Crippen LogP contribution is -2.32. The van der Waals surface area contributed by atoms with Crippen molar-refractivity contribution in [3.63, 3.8) is 0 Å². The van der Waals surface area contributed by atoms with Crippen molar-refractivity contribution in [2.24, 2.45) is 0 Å². The van der Waals surface area contributed by atoms with Crippen LogP contribution in [0.1, 0.15) is 23.9 Å². The lowest BCUT2D eigenvalue weighted by atomic mass is 10.1. The predicted molar refractivity (Wildman–Crippen MR) is 92.0 cm³/mol. The molecule has 0 bridgehead atoms. The Bertz CT molecular complexity index is 595.